The zero-order chi connectivity index (χ0) is 12.2. The van der Waals surface area contributed by atoms with Crippen LogP contribution in [0.5, 0.6) is 0 Å². The summed E-state index contributed by atoms with van der Waals surface area (Å²) in [4.78, 5) is 14.7. The SMILES string of the molecule is CC(C)(SCc1ccnc(C#N)c1)C(=O)O. The molecule has 4 nitrogen and oxygen atoms in total. The van der Waals surface area contributed by atoms with E-state index in [1.807, 2.05) is 6.07 Å². The molecule has 84 valence electrons. The molecule has 0 fully saturated rings. The zero-order valence-corrected chi connectivity index (χ0v) is 9.91. The van der Waals surface area contributed by atoms with Gasteiger partial charge in [0.2, 0.25) is 0 Å². The molecule has 1 N–H and O–H groups in total. The molecular formula is C11H12N2O2S. The fourth-order valence-electron chi connectivity index (χ4n) is 0.951. The number of nitrogens with zero attached hydrogens (tertiary/aromatic N) is 2. The quantitative estimate of drug-likeness (QED) is 0.866. The number of carbonyl (C=O) groups is 1. The van der Waals surface area contributed by atoms with E-state index in [2.05, 4.69) is 4.98 Å². The van der Waals surface area contributed by atoms with Gasteiger partial charge in [-0.25, -0.2) is 4.98 Å². The summed E-state index contributed by atoms with van der Waals surface area (Å²) >= 11 is 1.32. The zero-order valence-electron chi connectivity index (χ0n) is 9.10. The molecule has 0 radical (unpaired) electrons. The van der Waals surface area contributed by atoms with Crippen molar-refractivity contribution in [1.29, 1.82) is 5.26 Å². The fourth-order valence-corrected chi connectivity index (χ4v) is 1.78. The van der Waals surface area contributed by atoms with Gasteiger partial charge < -0.3 is 5.11 Å². The topological polar surface area (TPSA) is 74.0 Å². The lowest BCUT2D eigenvalue weighted by atomic mass is 10.2. The summed E-state index contributed by atoms with van der Waals surface area (Å²) in [6.45, 7) is 3.32. The fraction of sp³-hybridized carbons (Fsp3) is 0.364. The Balaban J connectivity index is 2.69. The van der Waals surface area contributed by atoms with E-state index in [1.165, 1.54) is 11.8 Å². The predicted octanol–water partition coefficient (Wildman–Crippen LogP) is 2.05. The minimum Gasteiger partial charge on any atom is -0.480 e. The lowest BCUT2D eigenvalue weighted by Gasteiger charge is -2.18. The Labute approximate surface area is 98.3 Å². The van der Waals surface area contributed by atoms with Crippen LogP contribution in [0.2, 0.25) is 0 Å². The molecule has 1 aromatic rings. The Hall–Kier alpha value is -1.54. The van der Waals surface area contributed by atoms with Crippen molar-refractivity contribution in [2.45, 2.75) is 24.3 Å². The highest BCUT2D eigenvalue weighted by atomic mass is 32.2. The van der Waals surface area contributed by atoms with E-state index >= 15 is 0 Å². The molecule has 0 aromatic carbocycles. The van der Waals surface area contributed by atoms with Crippen LogP contribution in [0.4, 0.5) is 0 Å². The molecule has 0 spiro atoms. The number of thioether (sulfide) groups is 1. The van der Waals surface area contributed by atoms with E-state index in [0.717, 1.165) is 5.56 Å². The molecule has 16 heavy (non-hydrogen) atoms. The van der Waals surface area contributed by atoms with E-state index in [0.29, 0.717) is 11.4 Å². The van der Waals surface area contributed by atoms with Crippen LogP contribution in [0.15, 0.2) is 18.3 Å². The van der Waals surface area contributed by atoms with Crippen LogP contribution >= 0.6 is 11.8 Å². The first-order valence-corrected chi connectivity index (χ1v) is 5.66. The van der Waals surface area contributed by atoms with Crippen LogP contribution in [-0.2, 0) is 10.5 Å². The molecule has 0 unspecified atom stereocenters. The molecule has 1 aromatic heterocycles. The number of carboxylic acid groups (broad SMARTS) is 1. The first kappa shape index (κ1) is 12.5. The van der Waals surface area contributed by atoms with Crippen molar-refractivity contribution in [3.8, 4) is 6.07 Å². The number of aromatic nitrogens is 1. The first-order chi connectivity index (χ1) is 7.45. The predicted molar refractivity (Wildman–Crippen MR) is 62.0 cm³/mol. The number of hydrogen-bond donors (Lipinski definition) is 1. The normalized spacial score (nSPS) is 10.8. The maximum atomic E-state index is 10.9. The van der Waals surface area contributed by atoms with Crippen molar-refractivity contribution in [3.05, 3.63) is 29.6 Å². The molecule has 0 amide bonds. The van der Waals surface area contributed by atoms with Gasteiger partial charge in [-0.05, 0) is 31.5 Å². The van der Waals surface area contributed by atoms with Gasteiger partial charge in [-0.2, -0.15) is 5.26 Å². The molecule has 0 aliphatic rings. The first-order valence-electron chi connectivity index (χ1n) is 4.68. The minimum atomic E-state index is -0.841. The number of pyridine rings is 1. The van der Waals surface area contributed by atoms with Crippen molar-refractivity contribution in [1.82, 2.24) is 4.98 Å². The van der Waals surface area contributed by atoms with Crippen LogP contribution in [0.3, 0.4) is 0 Å². The monoisotopic (exact) mass is 236 g/mol. The molecule has 5 heteroatoms. The number of hydrogen-bond acceptors (Lipinski definition) is 4. The Morgan fingerprint density at radius 2 is 2.38 bits per heavy atom. The minimum absolute atomic E-state index is 0.353. The Kier molecular flexibility index (Phi) is 3.91. The summed E-state index contributed by atoms with van der Waals surface area (Å²) in [7, 11) is 0. The lowest BCUT2D eigenvalue weighted by molar-refractivity contribution is -0.138. The standard InChI is InChI=1S/C11H12N2O2S/c1-11(2,10(14)15)16-7-8-3-4-13-9(5-8)6-12/h3-5H,7H2,1-2H3,(H,14,15). The second-order valence-corrected chi connectivity index (χ2v) is 5.36. The van der Waals surface area contributed by atoms with E-state index in [-0.39, 0.29) is 0 Å². The van der Waals surface area contributed by atoms with E-state index < -0.39 is 10.7 Å². The van der Waals surface area contributed by atoms with Crippen LogP contribution < -0.4 is 0 Å². The van der Waals surface area contributed by atoms with Crippen LogP contribution in [0, 0.1) is 11.3 Å². The number of aliphatic carboxylic acids is 1. The van der Waals surface area contributed by atoms with E-state index in [4.69, 9.17) is 10.4 Å². The summed E-state index contributed by atoms with van der Waals surface area (Å²) in [6.07, 6.45) is 1.56. The van der Waals surface area contributed by atoms with Crippen molar-refractivity contribution in [2.75, 3.05) is 0 Å². The van der Waals surface area contributed by atoms with Gasteiger partial charge in [-0.15, -0.1) is 11.8 Å². The van der Waals surface area contributed by atoms with Crippen molar-refractivity contribution in [3.63, 3.8) is 0 Å². The molecule has 0 saturated carbocycles. The third kappa shape index (κ3) is 3.24. The average Bonchev–Trinajstić information content (AvgIpc) is 2.26. The van der Waals surface area contributed by atoms with Crippen LogP contribution in [0.1, 0.15) is 25.1 Å². The van der Waals surface area contributed by atoms with Crippen molar-refractivity contribution >= 4 is 17.7 Å². The third-order valence-corrected chi connectivity index (χ3v) is 3.43. The summed E-state index contributed by atoms with van der Waals surface area (Å²) in [6, 6.07) is 5.41. The van der Waals surface area contributed by atoms with E-state index in [9.17, 15) is 4.79 Å². The maximum Gasteiger partial charge on any atom is 0.319 e. The second kappa shape index (κ2) is 4.99. The highest BCUT2D eigenvalue weighted by Gasteiger charge is 2.27. The molecular weight excluding hydrogens is 224 g/mol. The van der Waals surface area contributed by atoms with Gasteiger partial charge in [0.05, 0.1) is 0 Å². The summed E-state index contributed by atoms with van der Waals surface area (Å²) < 4.78 is -0.823. The van der Waals surface area contributed by atoms with Gasteiger partial charge >= 0.3 is 5.97 Å². The largest absolute Gasteiger partial charge is 0.480 e. The smallest absolute Gasteiger partial charge is 0.319 e. The summed E-state index contributed by atoms with van der Waals surface area (Å²) in [5, 5.41) is 17.6. The van der Waals surface area contributed by atoms with E-state index in [1.54, 1.807) is 32.2 Å². The molecule has 0 bridgehead atoms. The van der Waals surface area contributed by atoms with Gasteiger partial charge in [0, 0.05) is 11.9 Å². The van der Waals surface area contributed by atoms with Crippen molar-refractivity contribution < 1.29 is 9.90 Å². The summed E-state index contributed by atoms with van der Waals surface area (Å²) in [5.41, 5.74) is 1.26. The summed E-state index contributed by atoms with van der Waals surface area (Å²) in [5.74, 6) is -0.289. The number of carboxylic acids is 1. The van der Waals surface area contributed by atoms with Gasteiger partial charge in [-0.3, -0.25) is 4.79 Å². The van der Waals surface area contributed by atoms with Gasteiger partial charge in [0.15, 0.2) is 0 Å². The van der Waals surface area contributed by atoms with Crippen LogP contribution in [0.25, 0.3) is 0 Å². The lowest BCUT2D eigenvalue weighted by Crippen LogP contribution is -2.27. The second-order valence-electron chi connectivity index (χ2n) is 3.77. The molecule has 0 saturated heterocycles. The Bertz CT molecular complexity index is 438. The number of rotatable bonds is 4. The molecule has 1 rings (SSSR count). The van der Waals surface area contributed by atoms with Gasteiger partial charge in [-0.1, -0.05) is 0 Å². The molecule has 1 heterocycles. The van der Waals surface area contributed by atoms with Gasteiger partial charge in [0.25, 0.3) is 0 Å². The van der Waals surface area contributed by atoms with Crippen LogP contribution in [-0.4, -0.2) is 20.8 Å². The maximum absolute atomic E-state index is 10.9. The third-order valence-electron chi connectivity index (χ3n) is 2.05. The van der Waals surface area contributed by atoms with Gasteiger partial charge in [0.1, 0.15) is 16.5 Å². The van der Waals surface area contributed by atoms with Crippen molar-refractivity contribution in [2.24, 2.45) is 0 Å². The highest BCUT2D eigenvalue weighted by molar-refractivity contribution is 8.00. The average molecular weight is 236 g/mol. The molecule has 0 aliphatic carbocycles. The highest BCUT2D eigenvalue weighted by Crippen LogP contribution is 2.28. The number of nitriles is 1. The molecule has 0 atom stereocenters. The Morgan fingerprint density at radius 3 is 2.94 bits per heavy atom. The Morgan fingerprint density at radius 1 is 1.69 bits per heavy atom. The molecule has 0 aliphatic heterocycles.